The number of likely N-dealkylation sites (N-methyl/N-ethyl adjacent to an activating group) is 1. The fourth-order valence-electron chi connectivity index (χ4n) is 1.82. The van der Waals surface area contributed by atoms with E-state index in [1.54, 1.807) is 12.1 Å². The molecule has 0 saturated heterocycles. The predicted molar refractivity (Wildman–Crippen MR) is 73.7 cm³/mol. The van der Waals surface area contributed by atoms with Crippen LogP contribution in [-0.2, 0) is 16.0 Å². The molecule has 19 heavy (non-hydrogen) atoms. The van der Waals surface area contributed by atoms with Crippen molar-refractivity contribution in [2.45, 2.75) is 20.3 Å². The molecule has 0 N–H and O–H groups in total. The van der Waals surface area contributed by atoms with Gasteiger partial charge in [0.25, 0.3) is 0 Å². The number of halogens is 1. The molecular formula is C15H22FNO2. The first kappa shape index (κ1) is 15.8. The van der Waals surface area contributed by atoms with Crippen molar-refractivity contribution in [3.8, 4) is 0 Å². The van der Waals surface area contributed by atoms with Crippen molar-refractivity contribution >= 4 is 5.78 Å². The minimum atomic E-state index is -0.275. The van der Waals surface area contributed by atoms with Crippen LogP contribution in [0.3, 0.4) is 0 Å². The number of ether oxygens (including phenoxy) is 1. The number of ketones is 1. The Kier molecular flexibility index (Phi) is 7.30. The van der Waals surface area contributed by atoms with Gasteiger partial charge in [-0.2, -0.15) is 0 Å². The van der Waals surface area contributed by atoms with Gasteiger partial charge in [0, 0.05) is 19.6 Å². The summed E-state index contributed by atoms with van der Waals surface area (Å²) >= 11 is 0. The van der Waals surface area contributed by atoms with Crippen molar-refractivity contribution < 1.29 is 13.9 Å². The lowest BCUT2D eigenvalue weighted by molar-refractivity contribution is -0.119. The number of carbonyl (C=O) groups is 1. The molecule has 0 radical (unpaired) electrons. The highest BCUT2D eigenvalue weighted by atomic mass is 19.1. The zero-order valence-corrected chi connectivity index (χ0v) is 11.7. The first-order valence-corrected chi connectivity index (χ1v) is 6.72. The first-order valence-electron chi connectivity index (χ1n) is 6.72. The van der Waals surface area contributed by atoms with Crippen LogP contribution in [0, 0.1) is 5.82 Å². The van der Waals surface area contributed by atoms with E-state index in [0.717, 1.165) is 18.7 Å². The second-order valence-corrected chi connectivity index (χ2v) is 4.41. The van der Waals surface area contributed by atoms with Crippen LogP contribution in [0.2, 0.25) is 0 Å². The van der Waals surface area contributed by atoms with Gasteiger partial charge in [-0.05, 0) is 31.2 Å². The maximum atomic E-state index is 12.8. The van der Waals surface area contributed by atoms with Crippen molar-refractivity contribution in [2.24, 2.45) is 0 Å². The number of Topliss-reactive ketones (excluding diaryl/α,β-unsaturated/α-hetero) is 1. The van der Waals surface area contributed by atoms with Gasteiger partial charge in [0.2, 0.25) is 0 Å². The Hall–Kier alpha value is -1.26. The fraction of sp³-hybridized carbons (Fsp3) is 0.533. The number of hydrogen-bond donors (Lipinski definition) is 0. The second kappa shape index (κ2) is 8.77. The largest absolute Gasteiger partial charge is 0.380 e. The lowest BCUT2D eigenvalue weighted by Crippen LogP contribution is -2.33. The summed E-state index contributed by atoms with van der Waals surface area (Å²) in [6.45, 7) is 7.32. The molecule has 0 aliphatic carbocycles. The van der Waals surface area contributed by atoms with Crippen LogP contribution in [0.5, 0.6) is 0 Å². The summed E-state index contributed by atoms with van der Waals surface area (Å²) in [6, 6.07) is 6.08. The van der Waals surface area contributed by atoms with Gasteiger partial charge in [-0.15, -0.1) is 0 Å². The highest BCUT2D eigenvalue weighted by Crippen LogP contribution is 2.04. The topological polar surface area (TPSA) is 29.5 Å². The normalized spacial score (nSPS) is 10.9. The predicted octanol–water partition coefficient (Wildman–Crippen LogP) is 2.30. The van der Waals surface area contributed by atoms with Gasteiger partial charge in [-0.25, -0.2) is 4.39 Å². The molecule has 106 valence electrons. The van der Waals surface area contributed by atoms with E-state index in [2.05, 4.69) is 4.90 Å². The Balaban J connectivity index is 2.37. The highest BCUT2D eigenvalue weighted by molar-refractivity contribution is 5.82. The van der Waals surface area contributed by atoms with Crippen LogP contribution in [0.1, 0.15) is 19.4 Å². The summed E-state index contributed by atoms with van der Waals surface area (Å²) in [5.74, 6) is -0.131. The number of benzene rings is 1. The molecule has 0 fully saturated rings. The molecule has 0 bridgehead atoms. The van der Waals surface area contributed by atoms with Gasteiger partial charge in [0.15, 0.2) is 5.78 Å². The molecule has 0 heterocycles. The van der Waals surface area contributed by atoms with Gasteiger partial charge >= 0.3 is 0 Å². The quantitative estimate of drug-likeness (QED) is 0.643. The molecule has 1 rings (SSSR count). The van der Waals surface area contributed by atoms with E-state index in [4.69, 9.17) is 4.74 Å². The van der Waals surface area contributed by atoms with Crippen LogP contribution in [-0.4, -0.2) is 43.5 Å². The Labute approximate surface area is 114 Å². The number of carbonyl (C=O) groups excluding carboxylic acids is 1. The van der Waals surface area contributed by atoms with Gasteiger partial charge in [0.1, 0.15) is 5.82 Å². The van der Waals surface area contributed by atoms with Gasteiger partial charge in [0.05, 0.1) is 13.2 Å². The molecule has 0 unspecified atom stereocenters. The van der Waals surface area contributed by atoms with Crippen LogP contribution in [0.4, 0.5) is 4.39 Å². The van der Waals surface area contributed by atoms with Crippen molar-refractivity contribution in [3.63, 3.8) is 0 Å². The number of nitrogens with zero attached hydrogens (tertiary/aromatic N) is 1. The molecule has 1 aromatic carbocycles. The fourth-order valence-corrected chi connectivity index (χ4v) is 1.82. The second-order valence-electron chi connectivity index (χ2n) is 4.41. The van der Waals surface area contributed by atoms with E-state index in [9.17, 15) is 9.18 Å². The highest BCUT2D eigenvalue weighted by Gasteiger charge is 2.09. The molecule has 0 amide bonds. The summed E-state index contributed by atoms with van der Waals surface area (Å²) in [4.78, 5) is 14.0. The minimum absolute atomic E-state index is 0.143. The zero-order chi connectivity index (χ0) is 14.1. The maximum absolute atomic E-state index is 12.8. The monoisotopic (exact) mass is 267 g/mol. The van der Waals surface area contributed by atoms with Crippen LogP contribution >= 0.6 is 0 Å². The molecule has 0 saturated carbocycles. The summed E-state index contributed by atoms with van der Waals surface area (Å²) in [5.41, 5.74) is 0.854. The van der Waals surface area contributed by atoms with Crippen molar-refractivity contribution in [1.82, 2.24) is 4.90 Å². The molecule has 0 aliphatic rings. The van der Waals surface area contributed by atoms with E-state index < -0.39 is 0 Å². The van der Waals surface area contributed by atoms with Crippen LogP contribution < -0.4 is 0 Å². The summed E-state index contributed by atoms with van der Waals surface area (Å²) < 4.78 is 18.0. The standard InChI is InChI=1S/C15H22FNO2/c1-3-17(9-10-19-4-2)12-15(18)11-13-5-7-14(16)8-6-13/h5-8H,3-4,9-12H2,1-2H3. The zero-order valence-electron chi connectivity index (χ0n) is 11.7. The SMILES string of the molecule is CCOCCN(CC)CC(=O)Cc1ccc(F)cc1. The minimum Gasteiger partial charge on any atom is -0.380 e. The van der Waals surface area contributed by atoms with Crippen molar-refractivity contribution in [1.29, 1.82) is 0 Å². The van der Waals surface area contributed by atoms with E-state index in [-0.39, 0.29) is 11.6 Å². The maximum Gasteiger partial charge on any atom is 0.151 e. The molecular weight excluding hydrogens is 245 g/mol. The van der Waals surface area contributed by atoms with E-state index in [1.165, 1.54) is 12.1 Å². The molecule has 0 aromatic heterocycles. The van der Waals surface area contributed by atoms with E-state index in [0.29, 0.717) is 26.2 Å². The smallest absolute Gasteiger partial charge is 0.151 e. The van der Waals surface area contributed by atoms with Crippen LogP contribution in [0.25, 0.3) is 0 Å². The third kappa shape index (κ3) is 6.45. The lowest BCUT2D eigenvalue weighted by atomic mass is 10.1. The summed E-state index contributed by atoms with van der Waals surface area (Å²) in [5, 5.41) is 0. The van der Waals surface area contributed by atoms with Gasteiger partial charge in [-0.3, -0.25) is 9.69 Å². The lowest BCUT2D eigenvalue weighted by Gasteiger charge is -2.19. The molecule has 0 atom stereocenters. The van der Waals surface area contributed by atoms with E-state index in [1.807, 2.05) is 13.8 Å². The number of hydrogen-bond acceptors (Lipinski definition) is 3. The molecule has 0 aliphatic heterocycles. The Morgan fingerprint density at radius 1 is 1.26 bits per heavy atom. The molecule has 3 nitrogen and oxygen atoms in total. The molecule has 0 spiro atoms. The Morgan fingerprint density at radius 3 is 2.53 bits per heavy atom. The van der Waals surface area contributed by atoms with Gasteiger partial charge < -0.3 is 4.74 Å². The average Bonchev–Trinajstić information content (AvgIpc) is 2.40. The Bertz CT molecular complexity index is 378. The molecule has 1 aromatic rings. The van der Waals surface area contributed by atoms with Crippen molar-refractivity contribution in [2.75, 3.05) is 32.8 Å². The van der Waals surface area contributed by atoms with Crippen LogP contribution in [0.15, 0.2) is 24.3 Å². The Morgan fingerprint density at radius 2 is 1.95 bits per heavy atom. The third-order valence-electron chi connectivity index (χ3n) is 2.92. The molecule has 4 heteroatoms. The average molecular weight is 267 g/mol. The first-order chi connectivity index (χ1) is 9.15. The summed E-state index contributed by atoms with van der Waals surface area (Å²) in [7, 11) is 0. The summed E-state index contributed by atoms with van der Waals surface area (Å²) in [6.07, 6.45) is 0.353. The third-order valence-corrected chi connectivity index (χ3v) is 2.92. The van der Waals surface area contributed by atoms with Crippen molar-refractivity contribution in [3.05, 3.63) is 35.6 Å². The van der Waals surface area contributed by atoms with E-state index >= 15 is 0 Å². The number of rotatable bonds is 9. The van der Waals surface area contributed by atoms with Gasteiger partial charge in [-0.1, -0.05) is 19.1 Å².